The number of aliphatic hydroxyl groups is 1. The summed E-state index contributed by atoms with van der Waals surface area (Å²) >= 11 is 0. The fraction of sp³-hybridized carbons (Fsp3) is 0.0588. The number of nitrogens with zero attached hydrogens (tertiary/aromatic N) is 2. The molecule has 2 aromatic carbocycles. The first-order valence-corrected chi connectivity index (χ1v) is 6.46. The molecule has 3 aromatic rings. The maximum Gasteiger partial charge on any atom is 0.155 e. The lowest BCUT2D eigenvalue weighted by Crippen LogP contribution is -1.98. The highest BCUT2D eigenvalue weighted by atomic mass is 16.3. The minimum absolute atomic E-state index is 0.166. The van der Waals surface area contributed by atoms with E-state index in [0.29, 0.717) is 5.82 Å². The van der Waals surface area contributed by atoms with Gasteiger partial charge in [-0.05, 0) is 6.07 Å². The number of rotatable bonds is 3. The molecule has 0 unspecified atom stereocenters. The van der Waals surface area contributed by atoms with Crippen LogP contribution in [-0.4, -0.2) is 15.1 Å². The smallest absolute Gasteiger partial charge is 0.155 e. The van der Waals surface area contributed by atoms with Crippen LogP contribution < -0.4 is 0 Å². The van der Waals surface area contributed by atoms with Crippen molar-refractivity contribution >= 4 is 0 Å². The standard InChI is InChI=1S/C17H14N2O/c20-12-17-18-15(13-7-3-1-4-8-13)11-16(19-17)14-9-5-2-6-10-14/h1-11,20H,12H2. The average Bonchev–Trinajstić information content (AvgIpc) is 2.56. The van der Waals surface area contributed by atoms with Gasteiger partial charge in [0, 0.05) is 11.1 Å². The summed E-state index contributed by atoms with van der Waals surface area (Å²) in [6, 6.07) is 21.8. The Bertz CT molecular complexity index is 639. The quantitative estimate of drug-likeness (QED) is 0.787. The summed E-state index contributed by atoms with van der Waals surface area (Å²) in [7, 11) is 0. The summed E-state index contributed by atoms with van der Waals surface area (Å²) in [5.74, 6) is 0.435. The third-order valence-electron chi connectivity index (χ3n) is 3.05. The van der Waals surface area contributed by atoms with Crippen LogP contribution in [0.4, 0.5) is 0 Å². The van der Waals surface area contributed by atoms with Crippen LogP contribution in [0.1, 0.15) is 5.82 Å². The summed E-state index contributed by atoms with van der Waals surface area (Å²) in [4.78, 5) is 8.77. The van der Waals surface area contributed by atoms with Crippen LogP contribution in [0.3, 0.4) is 0 Å². The van der Waals surface area contributed by atoms with Crippen LogP contribution in [-0.2, 0) is 6.61 Å². The molecular weight excluding hydrogens is 248 g/mol. The van der Waals surface area contributed by atoms with Crippen LogP contribution in [0.15, 0.2) is 66.7 Å². The Hall–Kier alpha value is -2.52. The number of benzene rings is 2. The van der Waals surface area contributed by atoms with Crippen molar-refractivity contribution in [3.05, 3.63) is 72.6 Å². The molecule has 0 bridgehead atoms. The van der Waals surface area contributed by atoms with E-state index in [0.717, 1.165) is 22.5 Å². The largest absolute Gasteiger partial charge is 0.388 e. The predicted octanol–water partition coefficient (Wildman–Crippen LogP) is 3.30. The Morgan fingerprint density at radius 2 is 1.15 bits per heavy atom. The SMILES string of the molecule is OCc1nc(-c2ccccc2)cc(-c2ccccc2)n1. The van der Waals surface area contributed by atoms with Gasteiger partial charge in [0.1, 0.15) is 6.61 Å². The number of aliphatic hydroxyl groups excluding tert-OH is 1. The van der Waals surface area contributed by atoms with E-state index in [1.165, 1.54) is 0 Å². The van der Waals surface area contributed by atoms with Gasteiger partial charge in [0.15, 0.2) is 5.82 Å². The van der Waals surface area contributed by atoms with E-state index in [1.807, 2.05) is 66.7 Å². The average molecular weight is 262 g/mol. The summed E-state index contributed by atoms with van der Waals surface area (Å²) in [5, 5.41) is 9.36. The molecule has 3 nitrogen and oxygen atoms in total. The third-order valence-corrected chi connectivity index (χ3v) is 3.05. The van der Waals surface area contributed by atoms with E-state index in [9.17, 15) is 5.11 Å². The van der Waals surface area contributed by atoms with E-state index in [2.05, 4.69) is 9.97 Å². The zero-order chi connectivity index (χ0) is 13.8. The first kappa shape index (κ1) is 12.5. The van der Waals surface area contributed by atoms with E-state index in [1.54, 1.807) is 0 Å². The maximum absolute atomic E-state index is 9.36. The summed E-state index contributed by atoms with van der Waals surface area (Å²) < 4.78 is 0. The first-order chi connectivity index (χ1) is 9.86. The lowest BCUT2D eigenvalue weighted by atomic mass is 10.1. The van der Waals surface area contributed by atoms with Gasteiger partial charge in [-0.25, -0.2) is 9.97 Å². The Labute approximate surface area is 117 Å². The fourth-order valence-electron chi connectivity index (χ4n) is 2.08. The minimum atomic E-state index is -0.166. The molecule has 98 valence electrons. The molecule has 0 saturated heterocycles. The zero-order valence-electron chi connectivity index (χ0n) is 10.9. The van der Waals surface area contributed by atoms with Crippen LogP contribution in [0.2, 0.25) is 0 Å². The highest BCUT2D eigenvalue weighted by Gasteiger charge is 2.07. The van der Waals surface area contributed by atoms with Crippen LogP contribution >= 0.6 is 0 Å². The van der Waals surface area contributed by atoms with Gasteiger partial charge >= 0.3 is 0 Å². The summed E-state index contributed by atoms with van der Waals surface area (Å²) in [6.45, 7) is -0.166. The van der Waals surface area contributed by atoms with Gasteiger partial charge in [0.05, 0.1) is 11.4 Å². The predicted molar refractivity (Wildman–Crippen MR) is 78.8 cm³/mol. The second kappa shape index (κ2) is 5.63. The van der Waals surface area contributed by atoms with Gasteiger partial charge in [0.2, 0.25) is 0 Å². The van der Waals surface area contributed by atoms with E-state index in [-0.39, 0.29) is 6.61 Å². The summed E-state index contributed by atoms with van der Waals surface area (Å²) in [6.07, 6.45) is 0. The van der Waals surface area contributed by atoms with Gasteiger partial charge in [-0.2, -0.15) is 0 Å². The fourth-order valence-corrected chi connectivity index (χ4v) is 2.08. The Morgan fingerprint density at radius 3 is 1.55 bits per heavy atom. The van der Waals surface area contributed by atoms with Crippen LogP contribution in [0.25, 0.3) is 22.5 Å². The maximum atomic E-state index is 9.36. The molecule has 0 saturated carbocycles. The Balaban J connectivity index is 2.13. The van der Waals surface area contributed by atoms with Crippen molar-refractivity contribution < 1.29 is 5.11 Å². The third kappa shape index (κ3) is 2.58. The lowest BCUT2D eigenvalue weighted by Gasteiger charge is -2.07. The second-order valence-electron chi connectivity index (χ2n) is 4.44. The summed E-state index contributed by atoms with van der Waals surface area (Å²) in [5.41, 5.74) is 3.68. The molecule has 20 heavy (non-hydrogen) atoms. The van der Waals surface area contributed by atoms with Crippen molar-refractivity contribution in [3.63, 3.8) is 0 Å². The molecule has 0 aliphatic heterocycles. The number of aromatic nitrogens is 2. The lowest BCUT2D eigenvalue weighted by molar-refractivity contribution is 0.271. The van der Waals surface area contributed by atoms with Crippen molar-refractivity contribution in [2.45, 2.75) is 6.61 Å². The van der Waals surface area contributed by atoms with E-state index < -0.39 is 0 Å². The van der Waals surface area contributed by atoms with Gasteiger partial charge in [-0.15, -0.1) is 0 Å². The normalized spacial score (nSPS) is 10.4. The topological polar surface area (TPSA) is 46.0 Å². The molecule has 0 aliphatic carbocycles. The van der Waals surface area contributed by atoms with Crippen molar-refractivity contribution in [1.82, 2.24) is 9.97 Å². The van der Waals surface area contributed by atoms with Gasteiger partial charge in [0.25, 0.3) is 0 Å². The Morgan fingerprint density at radius 1 is 0.700 bits per heavy atom. The molecule has 0 atom stereocenters. The molecule has 0 fully saturated rings. The molecule has 0 aliphatic rings. The Kier molecular flexibility index (Phi) is 3.52. The van der Waals surface area contributed by atoms with Crippen LogP contribution in [0.5, 0.6) is 0 Å². The zero-order valence-corrected chi connectivity index (χ0v) is 10.9. The molecular formula is C17H14N2O. The van der Waals surface area contributed by atoms with Crippen LogP contribution in [0, 0.1) is 0 Å². The molecule has 1 heterocycles. The minimum Gasteiger partial charge on any atom is -0.388 e. The number of hydrogen-bond donors (Lipinski definition) is 1. The highest BCUT2D eigenvalue weighted by molar-refractivity contribution is 5.67. The molecule has 3 heteroatoms. The monoisotopic (exact) mass is 262 g/mol. The van der Waals surface area contributed by atoms with Gasteiger partial charge in [-0.3, -0.25) is 0 Å². The highest BCUT2D eigenvalue weighted by Crippen LogP contribution is 2.23. The van der Waals surface area contributed by atoms with Gasteiger partial charge in [-0.1, -0.05) is 60.7 Å². The van der Waals surface area contributed by atoms with Crippen molar-refractivity contribution in [1.29, 1.82) is 0 Å². The molecule has 0 radical (unpaired) electrons. The molecule has 1 N–H and O–H groups in total. The first-order valence-electron chi connectivity index (χ1n) is 6.46. The van der Waals surface area contributed by atoms with E-state index in [4.69, 9.17) is 0 Å². The molecule has 1 aromatic heterocycles. The second-order valence-corrected chi connectivity index (χ2v) is 4.44. The van der Waals surface area contributed by atoms with Crippen molar-refractivity contribution in [2.24, 2.45) is 0 Å². The number of hydrogen-bond acceptors (Lipinski definition) is 3. The molecule has 0 spiro atoms. The van der Waals surface area contributed by atoms with Crippen molar-refractivity contribution in [3.8, 4) is 22.5 Å². The molecule has 0 amide bonds. The molecule has 3 rings (SSSR count). The van der Waals surface area contributed by atoms with Crippen molar-refractivity contribution in [2.75, 3.05) is 0 Å². The van der Waals surface area contributed by atoms with E-state index >= 15 is 0 Å². The van der Waals surface area contributed by atoms with Gasteiger partial charge < -0.3 is 5.11 Å².